The third-order valence-electron chi connectivity index (χ3n) is 7.77. The van der Waals surface area contributed by atoms with Gasteiger partial charge in [-0.15, -0.1) is 0 Å². The van der Waals surface area contributed by atoms with Gasteiger partial charge in [0.2, 0.25) is 0 Å². The molecule has 224 valence electrons. The first-order chi connectivity index (χ1) is 20.3. The molecule has 4 aromatic rings. The van der Waals surface area contributed by atoms with Crippen LogP contribution >= 0.6 is 0 Å². The van der Waals surface area contributed by atoms with Gasteiger partial charge in [-0.05, 0) is 29.8 Å². The quantitative estimate of drug-likeness (QED) is 0.153. The molecule has 11 N–H and O–H groups in total. The van der Waals surface area contributed by atoms with E-state index < -0.39 is 76.3 Å². The Morgan fingerprint density at radius 1 is 0.558 bits per heavy atom. The highest BCUT2D eigenvalue weighted by molar-refractivity contribution is 5.66. The molecule has 0 saturated heterocycles. The van der Waals surface area contributed by atoms with Gasteiger partial charge in [-0.25, -0.2) is 0 Å². The minimum atomic E-state index is -1.64. The zero-order chi connectivity index (χ0) is 30.9. The highest BCUT2D eigenvalue weighted by Crippen LogP contribution is 2.57. The van der Waals surface area contributed by atoms with Crippen LogP contribution in [0, 0.1) is 0 Å². The number of hydrogen-bond donors (Lipinski definition) is 11. The van der Waals surface area contributed by atoms with Crippen LogP contribution in [0.2, 0.25) is 0 Å². The van der Waals surface area contributed by atoms with E-state index in [0.717, 1.165) is 30.3 Å². The van der Waals surface area contributed by atoms with Crippen LogP contribution in [0.25, 0.3) is 0 Å². The molecule has 0 radical (unpaired) electrons. The lowest BCUT2D eigenvalue weighted by molar-refractivity contribution is 0.00113. The summed E-state index contributed by atoms with van der Waals surface area (Å²) in [5, 5.41) is 116. The first-order valence-electron chi connectivity index (χ1n) is 12.9. The van der Waals surface area contributed by atoms with Crippen LogP contribution in [0.4, 0.5) is 0 Å². The van der Waals surface area contributed by atoms with Crippen LogP contribution in [-0.2, 0) is 6.42 Å². The van der Waals surface area contributed by atoms with Crippen molar-refractivity contribution in [3.8, 4) is 63.2 Å². The minimum Gasteiger partial charge on any atom is -0.508 e. The van der Waals surface area contributed by atoms with Crippen LogP contribution in [0.3, 0.4) is 0 Å². The first kappa shape index (κ1) is 27.8. The number of phenolic OH excluding ortho intramolecular Hbond substituents is 9. The van der Waals surface area contributed by atoms with E-state index in [1.165, 1.54) is 18.2 Å². The smallest absolute Gasteiger partial charge is 0.200 e. The van der Waals surface area contributed by atoms with E-state index in [4.69, 9.17) is 9.47 Å². The second-order valence-electron chi connectivity index (χ2n) is 10.5. The molecule has 0 amide bonds. The van der Waals surface area contributed by atoms with Crippen molar-refractivity contribution >= 4 is 0 Å². The molecule has 2 aliphatic heterocycles. The number of aliphatic hydroxyl groups excluding tert-OH is 2. The van der Waals surface area contributed by atoms with Crippen molar-refractivity contribution in [2.75, 3.05) is 0 Å². The van der Waals surface area contributed by atoms with Crippen LogP contribution in [0.5, 0.6) is 63.2 Å². The molecule has 2 heterocycles. The highest BCUT2D eigenvalue weighted by Gasteiger charge is 2.46. The van der Waals surface area contributed by atoms with Gasteiger partial charge in [-0.1, -0.05) is 6.07 Å². The fourth-order valence-electron chi connectivity index (χ4n) is 5.78. The molecule has 6 rings (SSSR count). The maximum absolute atomic E-state index is 11.8. The number of rotatable bonds is 3. The lowest BCUT2D eigenvalue weighted by Crippen LogP contribution is -2.36. The Hall–Kier alpha value is -5.40. The molecule has 0 unspecified atom stereocenters. The Morgan fingerprint density at radius 3 is 1.88 bits per heavy atom. The highest BCUT2D eigenvalue weighted by atomic mass is 16.5. The normalized spacial score (nSPS) is 22.6. The molecule has 0 aromatic heterocycles. The van der Waals surface area contributed by atoms with Gasteiger partial charge in [-0.2, -0.15) is 0 Å². The summed E-state index contributed by atoms with van der Waals surface area (Å²) >= 11 is 0. The largest absolute Gasteiger partial charge is 0.508 e. The second kappa shape index (κ2) is 9.86. The molecule has 0 bridgehead atoms. The Labute approximate surface area is 242 Å². The van der Waals surface area contributed by atoms with E-state index in [9.17, 15) is 56.2 Å². The van der Waals surface area contributed by atoms with E-state index in [2.05, 4.69) is 0 Å². The van der Waals surface area contributed by atoms with Crippen LogP contribution in [-0.4, -0.2) is 68.4 Å². The summed E-state index contributed by atoms with van der Waals surface area (Å²) in [6.07, 6.45) is -5.87. The Kier molecular flexibility index (Phi) is 6.36. The van der Waals surface area contributed by atoms with Crippen molar-refractivity contribution in [2.45, 2.75) is 36.8 Å². The number of phenols is 9. The van der Waals surface area contributed by atoms with E-state index >= 15 is 0 Å². The Morgan fingerprint density at radius 2 is 1.21 bits per heavy atom. The zero-order valence-corrected chi connectivity index (χ0v) is 21.9. The monoisotopic (exact) mass is 594 g/mol. The number of benzene rings is 4. The molecule has 43 heavy (non-hydrogen) atoms. The van der Waals surface area contributed by atoms with Crippen LogP contribution in [0.15, 0.2) is 48.5 Å². The van der Waals surface area contributed by atoms with Gasteiger partial charge >= 0.3 is 0 Å². The molecule has 13 nitrogen and oxygen atoms in total. The molecular weight excluding hydrogens is 568 g/mol. The van der Waals surface area contributed by atoms with Crippen molar-refractivity contribution in [3.05, 3.63) is 76.3 Å². The minimum absolute atomic E-state index is 0.0258. The van der Waals surface area contributed by atoms with Crippen molar-refractivity contribution < 1.29 is 65.6 Å². The third-order valence-corrected chi connectivity index (χ3v) is 7.77. The number of ether oxygens (including phenoxy) is 2. The van der Waals surface area contributed by atoms with E-state index in [1.54, 1.807) is 0 Å². The predicted molar refractivity (Wildman–Crippen MR) is 145 cm³/mol. The maximum atomic E-state index is 11.8. The van der Waals surface area contributed by atoms with Crippen LogP contribution in [0.1, 0.15) is 45.9 Å². The fraction of sp³-hybridized carbons (Fsp3) is 0.200. The van der Waals surface area contributed by atoms with Gasteiger partial charge in [-0.3, -0.25) is 0 Å². The average Bonchev–Trinajstić information content (AvgIpc) is 2.94. The summed E-state index contributed by atoms with van der Waals surface area (Å²) in [5.74, 6) is -6.77. The van der Waals surface area contributed by atoms with E-state index in [1.807, 2.05) is 0 Å². The predicted octanol–water partition coefficient (Wildman–Crippen LogP) is 2.70. The summed E-state index contributed by atoms with van der Waals surface area (Å²) in [6, 6.07) is 8.92. The number of hydrogen-bond acceptors (Lipinski definition) is 13. The van der Waals surface area contributed by atoms with Crippen molar-refractivity contribution in [1.29, 1.82) is 0 Å². The lowest BCUT2D eigenvalue weighted by Gasteiger charge is -2.40. The summed E-state index contributed by atoms with van der Waals surface area (Å²) in [5.41, 5.74) is 0.0126. The summed E-state index contributed by atoms with van der Waals surface area (Å²) in [7, 11) is 0. The fourth-order valence-corrected chi connectivity index (χ4v) is 5.78. The van der Waals surface area contributed by atoms with Gasteiger partial charge in [0.25, 0.3) is 0 Å². The van der Waals surface area contributed by atoms with Crippen molar-refractivity contribution in [1.82, 2.24) is 0 Å². The Balaban J connectivity index is 1.56. The van der Waals surface area contributed by atoms with E-state index in [0.29, 0.717) is 0 Å². The third kappa shape index (κ3) is 4.42. The van der Waals surface area contributed by atoms with E-state index in [-0.39, 0.29) is 51.5 Å². The summed E-state index contributed by atoms with van der Waals surface area (Å²) < 4.78 is 12.0. The van der Waals surface area contributed by atoms with Crippen molar-refractivity contribution in [3.63, 3.8) is 0 Å². The average molecular weight is 595 g/mol. The summed E-state index contributed by atoms with van der Waals surface area (Å²) in [4.78, 5) is 0. The van der Waals surface area contributed by atoms with Crippen LogP contribution < -0.4 is 9.47 Å². The zero-order valence-electron chi connectivity index (χ0n) is 21.9. The number of aromatic hydroxyl groups is 9. The molecule has 0 fully saturated rings. The molecule has 13 heteroatoms. The summed E-state index contributed by atoms with van der Waals surface area (Å²) in [6.45, 7) is 0. The molecule has 0 aliphatic carbocycles. The van der Waals surface area contributed by atoms with Gasteiger partial charge in [0, 0.05) is 46.9 Å². The standard InChI is InChI=1S/C30H26O13/c31-12-6-17(35)23-22(7-12)42-29(10-1-2-14(32)16(34)3-10)27(41)25(23)24-18(36)9-15(33)13-8-21(39)28(43-30(13)24)11-4-19(37)26(40)20(38)5-11/h1-7,9,21,25,27-29,31-41H,8H2/t21-,25+,27-,28-,29-/m1/s1. The van der Waals surface area contributed by atoms with Gasteiger partial charge in [0.15, 0.2) is 41.0 Å². The molecule has 0 saturated carbocycles. The van der Waals surface area contributed by atoms with Gasteiger partial charge < -0.3 is 65.6 Å². The molecule has 5 atom stereocenters. The first-order valence-corrected chi connectivity index (χ1v) is 12.9. The number of aliphatic hydroxyl groups is 2. The molecule has 0 spiro atoms. The molecule has 2 aliphatic rings. The SMILES string of the molecule is Oc1cc(O)c2c(c1)O[C@H](c1ccc(O)c(O)c1)[C@H](O)[C@@H]2c1c(O)cc(O)c2c1O[C@H](c1cc(O)c(O)c(O)c1)[C@H](O)C2. The van der Waals surface area contributed by atoms with Gasteiger partial charge in [0.1, 0.15) is 40.6 Å². The number of fused-ring (bicyclic) bond motifs is 2. The topological polar surface area (TPSA) is 241 Å². The lowest BCUT2D eigenvalue weighted by atomic mass is 9.77. The van der Waals surface area contributed by atoms with Crippen molar-refractivity contribution in [2.24, 2.45) is 0 Å². The second-order valence-corrected chi connectivity index (χ2v) is 10.5. The van der Waals surface area contributed by atoms with Gasteiger partial charge in [0.05, 0.1) is 12.0 Å². The Bertz CT molecular complexity index is 1750. The maximum Gasteiger partial charge on any atom is 0.200 e. The molecule has 4 aromatic carbocycles. The molecular formula is C30H26O13.